The van der Waals surface area contributed by atoms with E-state index in [0.717, 1.165) is 11.3 Å². The number of nitrogens with zero attached hydrogens (tertiary/aromatic N) is 1. The Morgan fingerprint density at radius 2 is 2.33 bits per heavy atom. The fourth-order valence-electron chi connectivity index (χ4n) is 0.367. The summed E-state index contributed by atoms with van der Waals surface area (Å²) < 4.78 is 24.1. The van der Waals surface area contributed by atoms with E-state index in [1.807, 2.05) is 22.6 Å². The van der Waals surface area contributed by atoms with E-state index < -0.39 is 6.43 Å². The molecule has 5 heteroatoms. The van der Waals surface area contributed by atoms with E-state index >= 15 is 0 Å². The molecule has 0 N–H and O–H groups in total. The normalized spacial score (nSPS) is 10.7. The lowest BCUT2D eigenvalue weighted by Gasteiger charge is -1.86. The minimum Gasteiger partial charge on any atom is -0.229 e. The predicted molar refractivity (Wildman–Crippen MR) is 39.8 cm³/mol. The first-order valence-electron chi connectivity index (χ1n) is 2.09. The van der Waals surface area contributed by atoms with Crippen LogP contribution in [0.1, 0.15) is 11.4 Å². The highest BCUT2D eigenvalue weighted by molar-refractivity contribution is 14.1. The van der Waals surface area contributed by atoms with Gasteiger partial charge in [0.1, 0.15) is 3.70 Å². The van der Waals surface area contributed by atoms with Crippen molar-refractivity contribution in [3.63, 3.8) is 0 Å². The smallest absolute Gasteiger partial charge is 0.229 e. The van der Waals surface area contributed by atoms with E-state index in [1.165, 1.54) is 0 Å². The highest BCUT2D eigenvalue weighted by atomic mass is 127. The Labute approximate surface area is 68.2 Å². The molecule has 0 bridgehead atoms. The van der Waals surface area contributed by atoms with Crippen LogP contribution in [-0.2, 0) is 0 Å². The van der Waals surface area contributed by atoms with Crippen LogP contribution >= 0.6 is 33.9 Å². The van der Waals surface area contributed by atoms with E-state index in [2.05, 4.69) is 4.98 Å². The number of aromatic nitrogens is 1. The van der Waals surface area contributed by atoms with Gasteiger partial charge in [-0.2, -0.15) is 0 Å². The molecule has 1 rings (SSSR count). The molecule has 0 spiro atoms. The molecule has 1 nitrogen and oxygen atoms in total. The monoisotopic (exact) mass is 261 g/mol. The fourth-order valence-corrected chi connectivity index (χ4v) is 1.70. The molecular formula is C4H2F2INS. The zero-order chi connectivity index (χ0) is 6.85. The minimum atomic E-state index is -2.42. The maximum atomic E-state index is 11.7. The SMILES string of the molecule is FC(F)c1nc(I)cs1. The summed E-state index contributed by atoms with van der Waals surface area (Å²) >= 11 is 2.89. The molecule has 1 heterocycles. The quantitative estimate of drug-likeness (QED) is 0.708. The molecule has 0 aliphatic rings. The number of halogens is 3. The first-order chi connectivity index (χ1) is 4.20. The van der Waals surface area contributed by atoms with Gasteiger partial charge in [0.05, 0.1) is 0 Å². The Morgan fingerprint density at radius 3 is 2.56 bits per heavy atom. The van der Waals surface area contributed by atoms with Crippen molar-refractivity contribution in [1.82, 2.24) is 4.98 Å². The predicted octanol–water partition coefficient (Wildman–Crippen LogP) is 2.69. The first-order valence-corrected chi connectivity index (χ1v) is 4.05. The lowest BCUT2D eigenvalue weighted by atomic mass is 10.7. The van der Waals surface area contributed by atoms with Crippen molar-refractivity contribution in [2.75, 3.05) is 0 Å². The van der Waals surface area contributed by atoms with Gasteiger partial charge in [-0.25, -0.2) is 13.8 Å². The van der Waals surface area contributed by atoms with Crippen molar-refractivity contribution >= 4 is 33.9 Å². The number of hydrogen-bond acceptors (Lipinski definition) is 2. The second kappa shape index (κ2) is 2.87. The molecule has 1 aromatic rings. The van der Waals surface area contributed by atoms with Crippen molar-refractivity contribution in [3.05, 3.63) is 14.1 Å². The Balaban J connectivity index is 2.85. The van der Waals surface area contributed by atoms with Crippen LogP contribution in [0.15, 0.2) is 5.38 Å². The summed E-state index contributed by atoms with van der Waals surface area (Å²) in [6.45, 7) is 0. The largest absolute Gasteiger partial charge is 0.289 e. The van der Waals surface area contributed by atoms with Gasteiger partial charge < -0.3 is 0 Å². The van der Waals surface area contributed by atoms with Crippen molar-refractivity contribution < 1.29 is 8.78 Å². The van der Waals surface area contributed by atoms with Crippen molar-refractivity contribution in [2.24, 2.45) is 0 Å². The molecule has 0 saturated heterocycles. The molecule has 1 aromatic heterocycles. The minimum absolute atomic E-state index is 0.0978. The molecule has 0 amide bonds. The van der Waals surface area contributed by atoms with Gasteiger partial charge in [-0.1, -0.05) is 0 Å². The van der Waals surface area contributed by atoms with Gasteiger partial charge in [-0.15, -0.1) is 11.3 Å². The third-order valence-corrected chi connectivity index (χ3v) is 2.51. The van der Waals surface area contributed by atoms with Gasteiger partial charge in [0.2, 0.25) is 0 Å². The molecule has 0 radical (unpaired) electrons. The van der Waals surface area contributed by atoms with Gasteiger partial charge in [-0.05, 0) is 22.6 Å². The molecule has 0 unspecified atom stereocenters. The number of alkyl halides is 2. The number of hydrogen-bond donors (Lipinski definition) is 0. The van der Waals surface area contributed by atoms with E-state index in [-0.39, 0.29) is 5.01 Å². The van der Waals surface area contributed by atoms with Crippen molar-refractivity contribution in [1.29, 1.82) is 0 Å². The average molecular weight is 261 g/mol. The molecule has 50 valence electrons. The summed E-state index contributed by atoms with van der Waals surface area (Å²) in [5, 5.41) is 1.50. The Hall–Kier alpha value is 0.220. The molecule has 0 saturated carbocycles. The molecule has 0 aliphatic heterocycles. The van der Waals surface area contributed by atoms with E-state index in [1.54, 1.807) is 5.38 Å². The maximum absolute atomic E-state index is 11.7. The maximum Gasteiger partial charge on any atom is 0.289 e. The summed E-state index contributed by atoms with van der Waals surface area (Å²) in [6, 6.07) is 0. The summed E-state index contributed by atoms with van der Waals surface area (Å²) in [5.74, 6) is 0. The van der Waals surface area contributed by atoms with Gasteiger partial charge in [0.15, 0.2) is 5.01 Å². The van der Waals surface area contributed by atoms with Crippen LogP contribution in [0.4, 0.5) is 8.78 Å². The summed E-state index contributed by atoms with van der Waals surface area (Å²) in [4.78, 5) is 3.57. The van der Waals surface area contributed by atoms with Crippen LogP contribution in [0.3, 0.4) is 0 Å². The molecule has 0 aliphatic carbocycles. The molecule has 9 heavy (non-hydrogen) atoms. The zero-order valence-electron chi connectivity index (χ0n) is 4.14. The van der Waals surface area contributed by atoms with Gasteiger partial charge in [0.25, 0.3) is 6.43 Å². The van der Waals surface area contributed by atoms with Gasteiger partial charge in [0, 0.05) is 5.38 Å². The van der Waals surface area contributed by atoms with Crippen molar-refractivity contribution in [2.45, 2.75) is 6.43 Å². The third-order valence-electron chi connectivity index (χ3n) is 0.681. The van der Waals surface area contributed by atoms with Crippen LogP contribution in [0.2, 0.25) is 0 Å². The standard InChI is InChI=1S/C4H2F2INS/c5-3(6)4-8-2(7)1-9-4/h1,3H. The highest BCUT2D eigenvalue weighted by Gasteiger charge is 2.10. The second-order valence-corrected chi connectivity index (χ2v) is 3.30. The van der Waals surface area contributed by atoms with E-state index in [0.29, 0.717) is 3.70 Å². The van der Waals surface area contributed by atoms with Crippen LogP contribution in [0.25, 0.3) is 0 Å². The summed E-state index contributed by atoms with van der Waals surface area (Å²) in [6.07, 6.45) is -2.42. The van der Waals surface area contributed by atoms with Crippen LogP contribution in [0, 0.1) is 3.70 Å². The van der Waals surface area contributed by atoms with Crippen molar-refractivity contribution in [3.8, 4) is 0 Å². The first kappa shape index (κ1) is 7.33. The second-order valence-electron chi connectivity index (χ2n) is 1.31. The van der Waals surface area contributed by atoms with E-state index in [9.17, 15) is 8.78 Å². The van der Waals surface area contributed by atoms with Crippen LogP contribution in [-0.4, -0.2) is 4.98 Å². The van der Waals surface area contributed by atoms with Gasteiger partial charge >= 0.3 is 0 Å². The molecule has 0 atom stereocenters. The third kappa shape index (κ3) is 1.82. The average Bonchev–Trinajstić information content (AvgIpc) is 2.14. The lowest BCUT2D eigenvalue weighted by Crippen LogP contribution is -1.80. The molecular weight excluding hydrogens is 259 g/mol. The van der Waals surface area contributed by atoms with Crippen LogP contribution in [0.5, 0.6) is 0 Å². The summed E-state index contributed by atoms with van der Waals surface area (Å²) in [7, 11) is 0. The highest BCUT2D eigenvalue weighted by Crippen LogP contribution is 2.22. The van der Waals surface area contributed by atoms with Gasteiger partial charge in [-0.3, -0.25) is 0 Å². The zero-order valence-corrected chi connectivity index (χ0v) is 7.12. The Bertz CT molecular complexity index is 200. The Morgan fingerprint density at radius 1 is 1.67 bits per heavy atom. The van der Waals surface area contributed by atoms with Crippen LogP contribution < -0.4 is 0 Å². The fraction of sp³-hybridized carbons (Fsp3) is 0.250. The Kier molecular flexibility index (Phi) is 2.34. The molecule has 0 fully saturated rings. The molecule has 0 aromatic carbocycles. The number of thiazole rings is 1. The number of rotatable bonds is 1. The van der Waals surface area contributed by atoms with E-state index in [4.69, 9.17) is 0 Å². The summed E-state index contributed by atoms with van der Waals surface area (Å²) in [5.41, 5.74) is 0. The topological polar surface area (TPSA) is 12.9 Å². The lowest BCUT2D eigenvalue weighted by molar-refractivity contribution is 0.151.